The largest absolute Gasteiger partial charge is 0.354 e. The van der Waals surface area contributed by atoms with Crippen LogP contribution >= 0.6 is 0 Å². The first-order chi connectivity index (χ1) is 8.06. The summed E-state index contributed by atoms with van der Waals surface area (Å²) in [6.45, 7) is 2.58. The molecule has 2 aromatic heterocycles. The van der Waals surface area contributed by atoms with E-state index < -0.39 is 5.69 Å². The molecule has 7 nitrogen and oxygen atoms in total. The third-order valence-electron chi connectivity index (χ3n) is 2.53. The maximum atomic E-state index is 11.8. The molecular weight excluding hydrogens is 222 g/mol. The summed E-state index contributed by atoms with van der Waals surface area (Å²) in [6, 6.07) is 0. The van der Waals surface area contributed by atoms with Crippen molar-refractivity contribution in [2.75, 3.05) is 11.9 Å². The van der Waals surface area contributed by atoms with Crippen LogP contribution in [0, 0.1) is 0 Å². The van der Waals surface area contributed by atoms with Gasteiger partial charge in [-0.15, -0.1) is 0 Å². The number of fused-ring (bicyclic) bond motifs is 1. The molecule has 0 bridgehead atoms. The second kappa shape index (κ2) is 4.00. The molecule has 0 saturated heterocycles. The lowest BCUT2D eigenvalue weighted by molar-refractivity contribution is 0.706. The van der Waals surface area contributed by atoms with Gasteiger partial charge < -0.3 is 5.32 Å². The van der Waals surface area contributed by atoms with Crippen LogP contribution < -0.4 is 16.6 Å². The van der Waals surface area contributed by atoms with E-state index in [1.165, 1.54) is 17.8 Å². The number of hydrogen-bond acceptors (Lipinski definition) is 5. The summed E-state index contributed by atoms with van der Waals surface area (Å²) in [5.74, 6) is 0.406. The molecule has 0 unspecified atom stereocenters. The predicted molar refractivity (Wildman–Crippen MR) is 64.2 cm³/mol. The third kappa shape index (κ3) is 1.69. The fourth-order valence-corrected chi connectivity index (χ4v) is 1.61. The smallest absolute Gasteiger partial charge is 0.332 e. The van der Waals surface area contributed by atoms with Crippen LogP contribution in [0.5, 0.6) is 0 Å². The lowest BCUT2D eigenvalue weighted by atomic mass is 10.4. The van der Waals surface area contributed by atoms with Gasteiger partial charge in [0.2, 0.25) is 5.95 Å². The maximum Gasteiger partial charge on any atom is 0.332 e. The number of hydrogen-bond donors (Lipinski definition) is 1. The average molecular weight is 235 g/mol. The van der Waals surface area contributed by atoms with E-state index in [1.54, 1.807) is 7.05 Å². The van der Waals surface area contributed by atoms with Crippen LogP contribution in [0.2, 0.25) is 0 Å². The van der Waals surface area contributed by atoms with Gasteiger partial charge in [0.15, 0.2) is 5.65 Å². The van der Waals surface area contributed by atoms with E-state index in [2.05, 4.69) is 15.3 Å². The Morgan fingerprint density at radius 2 is 2.00 bits per heavy atom. The molecule has 2 rings (SSSR count). The van der Waals surface area contributed by atoms with Crippen LogP contribution in [0.4, 0.5) is 5.95 Å². The summed E-state index contributed by atoms with van der Waals surface area (Å²) in [5.41, 5.74) is -0.446. The first-order valence-electron chi connectivity index (χ1n) is 5.23. The highest BCUT2D eigenvalue weighted by Gasteiger charge is 2.10. The molecule has 0 aliphatic heterocycles. The number of aromatic nitrogens is 4. The van der Waals surface area contributed by atoms with E-state index in [9.17, 15) is 9.59 Å². The van der Waals surface area contributed by atoms with Crippen molar-refractivity contribution >= 4 is 17.0 Å². The van der Waals surface area contributed by atoms with Gasteiger partial charge in [-0.1, -0.05) is 0 Å². The molecule has 0 spiro atoms. The minimum absolute atomic E-state index is 0.330. The van der Waals surface area contributed by atoms with E-state index >= 15 is 0 Å². The summed E-state index contributed by atoms with van der Waals surface area (Å²) in [7, 11) is 3.01. The van der Waals surface area contributed by atoms with Crippen molar-refractivity contribution < 1.29 is 0 Å². The molecule has 0 atom stereocenters. The molecule has 0 aromatic carbocycles. The second-order valence-electron chi connectivity index (χ2n) is 3.67. The van der Waals surface area contributed by atoms with Gasteiger partial charge in [0.1, 0.15) is 5.39 Å². The van der Waals surface area contributed by atoms with Crippen molar-refractivity contribution in [1.82, 2.24) is 19.1 Å². The highest BCUT2D eigenvalue weighted by atomic mass is 16.2. The first-order valence-corrected chi connectivity index (χ1v) is 5.23. The lowest BCUT2D eigenvalue weighted by Gasteiger charge is -2.07. The summed E-state index contributed by atoms with van der Waals surface area (Å²) in [4.78, 5) is 31.7. The van der Waals surface area contributed by atoms with E-state index in [-0.39, 0.29) is 5.56 Å². The Morgan fingerprint density at radius 3 is 2.65 bits per heavy atom. The molecule has 2 heterocycles. The van der Waals surface area contributed by atoms with Crippen LogP contribution in [0.3, 0.4) is 0 Å². The van der Waals surface area contributed by atoms with E-state index in [0.717, 1.165) is 4.57 Å². The van der Waals surface area contributed by atoms with E-state index in [4.69, 9.17) is 0 Å². The molecule has 1 N–H and O–H groups in total. The summed E-state index contributed by atoms with van der Waals surface area (Å²) in [5, 5.41) is 3.26. The number of nitrogens with one attached hydrogen (secondary N) is 1. The fourth-order valence-electron chi connectivity index (χ4n) is 1.61. The van der Waals surface area contributed by atoms with Gasteiger partial charge in [-0.25, -0.2) is 9.78 Å². The van der Waals surface area contributed by atoms with E-state index in [0.29, 0.717) is 23.5 Å². The SMILES string of the molecule is CCNc1ncc2c(=O)n(C)c(=O)n(C)c2n1. The molecule has 90 valence electrons. The van der Waals surface area contributed by atoms with Crippen LogP contribution in [-0.4, -0.2) is 25.6 Å². The number of aryl methyl sites for hydroxylation is 1. The van der Waals surface area contributed by atoms with Crippen molar-refractivity contribution in [2.24, 2.45) is 14.1 Å². The van der Waals surface area contributed by atoms with Crippen molar-refractivity contribution in [2.45, 2.75) is 6.92 Å². The molecule has 2 aromatic rings. The molecule has 0 amide bonds. The van der Waals surface area contributed by atoms with Gasteiger partial charge in [-0.3, -0.25) is 13.9 Å². The number of nitrogens with zero attached hydrogens (tertiary/aromatic N) is 4. The van der Waals surface area contributed by atoms with Gasteiger partial charge in [0, 0.05) is 26.8 Å². The Hall–Kier alpha value is -2.18. The molecule has 17 heavy (non-hydrogen) atoms. The minimum atomic E-state index is -0.399. The van der Waals surface area contributed by atoms with Gasteiger partial charge in [0.05, 0.1) is 0 Å². The Labute approximate surface area is 96.7 Å². The van der Waals surface area contributed by atoms with E-state index in [1.807, 2.05) is 6.92 Å². The van der Waals surface area contributed by atoms with Crippen LogP contribution in [0.25, 0.3) is 11.0 Å². The lowest BCUT2D eigenvalue weighted by Crippen LogP contribution is -2.37. The van der Waals surface area contributed by atoms with Crippen molar-refractivity contribution in [3.8, 4) is 0 Å². The zero-order valence-corrected chi connectivity index (χ0v) is 9.89. The third-order valence-corrected chi connectivity index (χ3v) is 2.53. The normalized spacial score (nSPS) is 10.8. The quantitative estimate of drug-likeness (QED) is 0.756. The standard InChI is InChI=1S/C10H13N5O2/c1-4-11-9-12-5-6-7(13-9)14(2)10(17)15(3)8(6)16/h5H,4H2,1-3H3,(H,11,12,13). The monoisotopic (exact) mass is 235 g/mol. The minimum Gasteiger partial charge on any atom is -0.354 e. The predicted octanol–water partition coefficient (Wildman–Crippen LogP) is -0.541. The zero-order valence-electron chi connectivity index (χ0n) is 9.89. The Bertz CT molecular complexity index is 685. The molecule has 0 aliphatic carbocycles. The number of anilines is 1. The Balaban J connectivity index is 2.87. The highest BCUT2D eigenvalue weighted by molar-refractivity contribution is 5.73. The van der Waals surface area contributed by atoms with Gasteiger partial charge >= 0.3 is 5.69 Å². The van der Waals surface area contributed by atoms with Crippen LogP contribution in [0.15, 0.2) is 15.8 Å². The van der Waals surface area contributed by atoms with Crippen molar-refractivity contribution in [3.05, 3.63) is 27.0 Å². The molecule has 7 heteroatoms. The molecule has 0 radical (unpaired) electrons. The van der Waals surface area contributed by atoms with Gasteiger partial charge in [0.25, 0.3) is 5.56 Å². The summed E-state index contributed by atoms with van der Waals surface area (Å²) in [6.07, 6.45) is 1.43. The van der Waals surface area contributed by atoms with Crippen LogP contribution in [0.1, 0.15) is 6.92 Å². The maximum absolute atomic E-state index is 11.8. The second-order valence-corrected chi connectivity index (χ2v) is 3.67. The first kappa shape index (κ1) is 11.3. The molecule has 0 aliphatic rings. The van der Waals surface area contributed by atoms with Crippen molar-refractivity contribution in [1.29, 1.82) is 0 Å². The highest BCUT2D eigenvalue weighted by Crippen LogP contribution is 2.05. The Morgan fingerprint density at radius 1 is 1.29 bits per heavy atom. The fraction of sp³-hybridized carbons (Fsp3) is 0.400. The van der Waals surface area contributed by atoms with Crippen molar-refractivity contribution in [3.63, 3.8) is 0 Å². The molecule has 0 fully saturated rings. The van der Waals surface area contributed by atoms with Gasteiger partial charge in [-0.05, 0) is 6.92 Å². The zero-order chi connectivity index (χ0) is 12.6. The van der Waals surface area contributed by atoms with Crippen LogP contribution in [-0.2, 0) is 14.1 Å². The average Bonchev–Trinajstić information content (AvgIpc) is 2.34. The molecular formula is C10H13N5O2. The van der Waals surface area contributed by atoms with Gasteiger partial charge in [-0.2, -0.15) is 4.98 Å². The summed E-state index contributed by atoms with van der Waals surface area (Å²) >= 11 is 0. The summed E-state index contributed by atoms with van der Waals surface area (Å²) < 4.78 is 2.37. The topological polar surface area (TPSA) is 81.8 Å². The molecule has 0 saturated carbocycles. The Kier molecular flexibility index (Phi) is 2.66. The number of rotatable bonds is 2.